The van der Waals surface area contributed by atoms with Crippen molar-refractivity contribution in [3.63, 3.8) is 0 Å². The lowest BCUT2D eigenvalue weighted by molar-refractivity contribution is 0.367. The van der Waals surface area contributed by atoms with Gasteiger partial charge in [0.1, 0.15) is 5.17 Å². The molecule has 2 N–H and O–H groups in total. The molecule has 12 heavy (non-hydrogen) atoms. The van der Waals surface area contributed by atoms with E-state index in [1.54, 1.807) is 12.4 Å². The molecule has 0 amide bonds. The number of methoxy groups -OCH3 is 1. The summed E-state index contributed by atoms with van der Waals surface area (Å²) in [4.78, 5) is 6.77. The molecular weight excluding hydrogens is 178 g/mol. The van der Waals surface area contributed by atoms with E-state index in [1.807, 2.05) is 0 Å². The van der Waals surface area contributed by atoms with Crippen LogP contribution in [0.1, 0.15) is 5.82 Å². The summed E-state index contributed by atoms with van der Waals surface area (Å²) in [6.45, 7) is 0. The molecule has 0 aliphatic heterocycles. The van der Waals surface area contributed by atoms with E-state index < -0.39 is 0 Å². The quantitative estimate of drug-likeness (QED) is 0.555. The molecule has 0 saturated carbocycles. The van der Waals surface area contributed by atoms with Gasteiger partial charge in [0, 0.05) is 18.5 Å². The fourth-order valence-corrected chi connectivity index (χ4v) is 0.838. The number of aromatic nitrogens is 2. The first-order valence-corrected chi connectivity index (χ1v) is 3.61. The van der Waals surface area contributed by atoms with Gasteiger partial charge >= 0.3 is 0 Å². The van der Waals surface area contributed by atoms with Gasteiger partial charge in [-0.2, -0.15) is 0 Å². The molecule has 0 spiro atoms. The third kappa shape index (κ3) is 2.10. The largest absolute Gasteiger partial charge is 0.493 e. The first-order chi connectivity index (χ1) is 5.74. The van der Waals surface area contributed by atoms with Gasteiger partial charge in [0.05, 0.1) is 7.11 Å². The van der Waals surface area contributed by atoms with Crippen LogP contribution < -0.4 is 0 Å². The topological polar surface area (TPSA) is 61.8 Å². The Morgan fingerprint density at radius 1 is 1.83 bits per heavy atom. The number of allylic oxidation sites excluding steroid dienone is 1. The number of aromatic amines is 1. The number of H-pyrrole nitrogens is 1. The molecule has 0 radical (unpaired) electrons. The number of nitrogens with zero attached hydrogens (tertiary/aromatic N) is 1. The average Bonchev–Trinajstić information content (AvgIpc) is 2.51. The molecule has 5 heteroatoms. The van der Waals surface area contributed by atoms with Gasteiger partial charge in [-0.3, -0.25) is 5.41 Å². The van der Waals surface area contributed by atoms with Crippen LogP contribution in [0.3, 0.4) is 0 Å². The summed E-state index contributed by atoms with van der Waals surface area (Å²) >= 11 is 5.35. The molecule has 0 aliphatic rings. The first-order valence-electron chi connectivity index (χ1n) is 3.23. The van der Waals surface area contributed by atoms with Crippen LogP contribution in [-0.2, 0) is 4.74 Å². The minimum atomic E-state index is -0.0942. The van der Waals surface area contributed by atoms with Gasteiger partial charge in [0.2, 0.25) is 0 Å². The van der Waals surface area contributed by atoms with Gasteiger partial charge in [-0.05, 0) is 0 Å². The Morgan fingerprint density at radius 3 is 3.00 bits per heavy atom. The highest BCUT2D eigenvalue weighted by Gasteiger charge is 2.03. The SMILES string of the molecule is CO/C(=C/C(=N)Cl)c1ncc[nH]1. The molecule has 1 aromatic rings. The van der Waals surface area contributed by atoms with Crippen LogP contribution in [0.5, 0.6) is 0 Å². The maximum atomic E-state index is 7.00. The highest BCUT2D eigenvalue weighted by atomic mass is 35.5. The maximum Gasteiger partial charge on any atom is 0.172 e. The molecule has 0 aliphatic carbocycles. The molecule has 4 nitrogen and oxygen atoms in total. The van der Waals surface area contributed by atoms with Gasteiger partial charge in [0.25, 0.3) is 0 Å². The molecule has 0 bridgehead atoms. The second-order valence-electron chi connectivity index (χ2n) is 2.00. The number of nitrogens with one attached hydrogen (secondary N) is 2. The standard InChI is InChI=1S/C7H8ClN3O/c1-12-5(4-6(8)9)7-10-2-3-11-7/h2-4,9H,1H3,(H,10,11)/b5-4+,9-6?. The molecule has 0 aromatic carbocycles. The smallest absolute Gasteiger partial charge is 0.172 e. The van der Waals surface area contributed by atoms with E-state index in [0.717, 1.165) is 0 Å². The monoisotopic (exact) mass is 185 g/mol. The van der Waals surface area contributed by atoms with Gasteiger partial charge < -0.3 is 9.72 Å². The number of hydrogen-bond donors (Lipinski definition) is 2. The summed E-state index contributed by atoms with van der Waals surface area (Å²) in [6.07, 6.45) is 4.64. The molecule has 1 aromatic heterocycles. The number of imidazole rings is 1. The van der Waals surface area contributed by atoms with Crippen LogP contribution in [0.15, 0.2) is 18.5 Å². The number of hydrogen-bond acceptors (Lipinski definition) is 3. The van der Waals surface area contributed by atoms with Crippen molar-refractivity contribution in [3.05, 3.63) is 24.3 Å². The lowest BCUT2D eigenvalue weighted by Gasteiger charge is -2.00. The molecule has 0 unspecified atom stereocenters. The van der Waals surface area contributed by atoms with E-state index in [9.17, 15) is 0 Å². The summed E-state index contributed by atoms with van der Waals surface area (Å²) in [5, 5.41) is 6.90. The van der Waals surface area contributed by atoms with E-state index >= 15 is 0 Å². The predicted octanol–water partition coefficient (Wildman–Crippen LogP) is 1.61. The zero-order valence-corrected chi connectivity index (χ0v) is 7.22. The van der Waals surface area contributed by atoms with Crippen LogP contribution >= 0.6 is 11.6 Å². The number of rotatable bonds is 3. The van der Waals surface area contributed by atoms with Crippen molar-refractivity contribution >= 4 is 22.5 Å². The zero-order chi connectivity index (χ0) is 8.97. The Labute approximate surface area is 74.7 Å². The average molecular weight is 186 g/mol. The van der Waals surface area contributed by atoms with Crippen LogP contribution in [0.25, 0.3) is 5.76 Å². The lowest BCUT2D eigenvalue weighted by atomic mass is 10.4. The fourth-order valence-electron chi connectivity index (χ4n) is 0.739. The van der Waals surface area contributed by atoms with E-state index in [2.05, 4.69) is 9.97 Å². The summed E-state index contributed by atoms with van der Waals surface area (Å²) < 4.78 is 4.95. The Bertz CT molecular complexity index is 292. The first kappa shape index (κ1) is 8.80. The van der Waals surface area contributed by atoms with Gasteiger partial charge in [-0.1, -0.05) is 11.6 Å². The third-order valence-electron chi connectivity index (χ3n) is 1.21. The Balaban J connectivity index is 2.91. The second-order valence-corrected chi connectivity index (χ2v) is 2.41. The number of halogens is 1. The van der Waals surface area contributed by atoms with Crippen molar-refractivity contribution in [2.24, 2.45) is 0 Å². The van der Waals surface area contributed by atoms with Crippen LogP contribution in [0.2, 0.25) is 0 Å². The lowest BCUT2D eigenvalue weighted by Crippen LogP contribution is -1.92. The van der Waals surface area contributed by atoms with Crippen LogP contribution in [0, 0.1) is 5.41 Å². The van der Waals surface area contributed by atoms with Gasteiger partial charge in [0.15, 0.2) is 11.6 Å². The Hall–Kier alpha value is -1.29. The van der Waals surface area contributed by atoms with E-state index in [0.29, 0.717) is 11.6 Å². The van der Waals surface area contributed by atoms with Gasteiger partial charge in [-0.15, -0.1) is 0 Å². The molecule has 0 atom stereocenters. The maximum absolute atomic E-state index is 7.00. The molecule has 1 heterocycles. The van der Waals surface area contributed by atoms with Crippen molar-refractivity contribution in [2.45, 2.75) is 0 Å². The summed E-state index contributed by atoms with van der Waals surface area (Å²) in [5.74, 6) is 1.00. The normalized spacial score (nSPS) is 11.3. The van der Waals surface area contributed by atoms with Crippen LogP contribution in [-0.4, -0.2) is 22.2 Å². The van der Waals surface area contributed by atoms with Crippen molar-refractivity contribution < 1.29 is 4.74 Å². The van der Waals surface area contributed by atoms with E-state index in [-0.39, 0.29) is 5.17 Å². The summed E-state index contributed by atoms with van der Waals surface area (Å²) in [7, 11) is 1.49. The third-order valence-corrected chi connectivity index (χ3v) is 1.32. The van der Waals surface area contributed by atoms with Gasteiger partial charge in [-0.25, -0.2) is 4.98 Å². The Morgan fingerprint density at radius 2 is 2.58 bits per heavy atom. The summed E-state index contributed by atoms with van der Waals surface area (Å²) in [5.41, 5.74) is 0. The molecule has 64 valence electrons. The van der Waals surface area contributed by atoms with E-state index in [4.69, 9.17) is 21.7 Å². The van der Waals surface area contributed by atoms with Crippen molar-refractivity contribution in [1.29, 1.82) is 5.41 Å². The minimum Gasteiger partial charge on any atom is -0.493 e. The van der Waals surface area contributed by atoms with Crippen LogP contribution in [0.4, 0.5) is 0 Å². The molecule has 1 rings (SSSR count). The van der Waals surface area contributed by atoms with Crippen molar-refractivity contribution in [3.8, 4) is 0 Å². The summed E-state index contributed by atoms with van der Waals surface area (Å²) in [6, 6.07) is 0. The fraction of sp³-hybridized carbons (Fsp3) is 0.143. The highest BCUT2D eigenvalue weighted by Crippen LogP contribution is 2.09. The minimum absolute atomic E-state index is 0.0942. The van der Waals surface area contributed by atoms with Crippen molar-refractivity contribution in [1.82, 2.24) is 9.97 Å². The van der Waals surface area contributed by atoms with Crippen molar-refractivity contribution in [2.75, 3.05) is 7.11 Å². The molecule has 0 fully saturated rings. The zero-order valence-electron chi connectivity index (χ0n) is 6.47. The predicted molar refractivity (Wildman–Crippen MR) is 47.2 cm³/mol. The molecular formula is C7H8ClN3O. The molecule has 0 saturated heterocycles. The number of ether oxygens (including phenoxy) is 1. The second kappa shape index (κ2) is 3.92. The Kier molecular flexibility index (Phi) is 2.88. The highest BCUT2D eigenvalue weighted by molar-refractivity contribution is 6.67. The van der Waals surface area contributed by atoms with E-state index in [1.165, 1.54) is 13.2 Å².